The number of primary amides is 1. The van der Waals surface area contributed by atoms with Gasteiger partial charge in [-0.25, -0.2) is 4.98 Å². The number of carbonyl (C=O) groups excluding carboxylic acids is 2. The van der Waals surface area contributed by atoms with Crippen molar-refractivity contribution in [1.82, 2.24) is 9.97 Å². The summed E-state index contributed by atoms with van der Waals surface area (Å²) in [6.45, 7) is -0.787. The number of ether oxygens (including phenoxy) is 1. The molecule has 11 heteroatoms. The third-order valence-electron chi connectivity index (χ3n) is 6.49. The van der Waals surface area contributed by atoms with Crippen LogP contribution in [0, 0.1) is 0 Å². The molecule has 0 spiro atoms. The van der Waals surface area contributed by atoms with E-state index in [2.05, 4.69) is 15.3 Å². The van der Waals surface area contributed by atoms with Crippen LogP contribution in [0.1, 0.15) is 28.3 Å². The predicted octanol–water partition coefficient (Wildman–Crippen LogP) is 3.30. The van der Waals surface area contributed by atoms with Gasteiger partial charge >= 0.3 is 5.92 Å². The van der Waals surface area contributed by atoms with Crippen LogP contribution in [0.25, 0.3) is 0 Å². The number of carbonyl (C=O) groups is 2. The third kappa shape index (κ3) is 4.16. The van der Waals surface area contributed by atoms with Gasteiger partial charge in [0.05, 0.1) is 25.5 Å². The molecule has 1 saturated carbocycles. The molecule has 1 fully saturated rings. The van der Waals surface area contributed by atoms with Crippen LogP contribution < -0.4 is 25.6 Å². The number of rotatable bonds is 6. The molecular weight excluding hydrogens is 470 g/mol. The summed E-state index contributed by atoms with van der Waals surface area (Å²) >= 11 is 0. The van der Waals surface area contributed by atoms with Gasteiger partial charge in [-0.05, 0) is 30.2 Å². The molecule has 1 unspecified atom stereocenters. The molecule has 0 radical (unpaired) electrons. The highest BCUT2D eigenvalue weighted by Crippen LogP contribution is 2.49. The van der Waals surface area contributed by atoms with E-state index in [1.807, 2.05) is 30.3 Å². The Morgan fingerprint density at radius 1 is 1.22 bits per heavy atom. The molecule has 2 amide bonds. The molecule has 36 heavy (non-hydrogen) atoms. The molecule has 9 nitrogen and oxygen atoms in total. The first-order valence-electron chi connectivity index (χ1n) is 11.3. The molecule has 5 rings (SSSR count). The number of methoxy groups -OCH3 is 1. The van der Waals surface area contributed by atoms with Gasteiger partial charge in [0, 0.05) is 24.6 Å². The van der Waals surface area contributed by atoms with Crippen molar-refractivity contribution in [2.24, 2.45) is 5.73 Å². The second-order valence-electron chi connectivity index (χ2n) is 8.82. The second-order valence-corrected chi connectivity index (χ2v) is 8.82. The van der Waals surface area contributed by atoms with Crippen LogP contribution in [0.5, 0.6) is 5.75 Å². The number of halogens is 2. The molecule has 0 bridgehead atoms. The Labute approximate surface area is 205 Å². The van der Waals surface area contributed by atoms with E-state index >= 15 is 0 Å². The van der Waals surface area contributed by atoms with E-state index in [4.69, 9.17) is 10.5 Å². The maximum atomic E-state index is 14.9. The number of fused-ring (bicyclic) bond motifs is 1. The normalized spacial score (nSPS) is 20.4. The maximum Gasteiger partial charge on any atom is 0.342 e. The minimum atomic E-state index is -3.60. The van der Waals surface area contributed by atoms with Crippen molar-refractivity contribution in [2.75, 3.05) is 35.8 Å². The average molecular weight is 495 g/mol. The topological polar surface area (TPSA) is 114 Å². The van der Waals surface area contributed by atoms with Crippen molar-refractivity contribution in [3.05, 3.63) is 65.9 Å². The van der Waals surface area contributed by atoms with Crippen LogP contribution in [0.15, 0.2) is 54.7 Å². The number of hydrogen-bond donors (Lipinski definition) is 2. The van der Waals surface area contributed by atoms with Crippen molar-refractivity contribution >= 4 is 35.0 Å². The number of alkyl halides is 2. The molecule has 2 heterocycles. The van der Waals surface area contributed by atoms with Gasteiger partial charge in [-0.2, -0.15) is 13.8 Å². The van der Waals surface area contributed by atoms with Crippen molar-refractivity contribution < 1.29 is 23.1 Å². The first kappa shape index (κ1) is 23.5. The second kappa shape index (κ2) is 8.74. The number of anilines is 4. The molecule has 0 saturated heterocycles. The molecule has 2 aromatic carbocycles. The summed E-state index contributed by atoms with van der Waals surface area (Å²) in [6.07, 6.45) is 2.01. The molecule has 186 valence electrons. The Balaban J connectivity index is 1.52. The number of amides is 2. The van der Waals surface area contributed by atoms with E-state index in [9.17, 15) is 18.4 Å². The van der Waals surface area contributed by atoms with Crippen molar-refractivity contribution in [1.29, 1.82) is 0 Å². The minimum Gasteiger partial charge on any atom is -0.495 e. The lowest BCUT2D eigenvalue weighted by molar-refractivity contribution is -0.140. The van der Waals surface area contributed by atoms with Gasteiger partial charge in [0.2, 0.25) is 11.9 Å². The van der Waals surface area contributed by atoms with Crippen molar-refractivity contribution in [2.45, 2.75) is 24.3 Å². The zero-order valence-electron chi connectivity index (χ0n) is 19.6. The summed E-state index contributed by atoms with van der Waals surface area (Å²) in [5.41, 5.74) is 7.29. The number of nitrogens with zero attached hydrogens (tertiary/aromatic N) is 4. The zero-order valence-corrected chi connectivity index (χ0v) is 19.6. The number of benzene rings is 2. The van der Waals surface area contributed by atoms with Crippen LogP contribution in [-0.2, 0) is 4.79 Å². The quantitative estimate of drug-likeness (QED) is 0.541. The summed E-state index contributed by atoms with van der Waals surface area (Å²) < 4.78 is 35.2. The van der Waals surface area contributed by atoms with Gasteiger partial charge in [-0.3, -0.25) is 9.59 Å². The number of aromatic nitrogens is 2. The third-order valence-corrected chi connectivity index (χ3v) is 6.49. The smallest absolute Gasteiger partial charge is 0.342 e. The van der Waals surface area contributed by atoms with Crippen LogP contribution in [-0.4, -0.2) is 54.4 Å². The van der Waals surface area contributed by atoms with Crippen LogP contribution >= 0.6 is 0 Å². The molecule has 1 aromatic heterocycles. The summed E-state index contributed by atoms with van der Waals surface area (Å²) in [7, 11) is 2.73. The largest absolute Gasteiger partial charge is 0.495 e. The van der Waals surface area contributed by atoms with Crippen LogP contribution in [0.4, 0.5) is 31.9 Å². The highest BCUT2D eigenvalue weighted by molar-refractivity contribution is 6.02. The number of nitrogens with two attached hydrogens (primary N) is 1. The van der Waals surface area contributed by atoms with Gasteiger partial charge in [0.25, 0.3) is 5.91 Å². The number of hydrogen-bond acceptors (Lipinski definition) is 7. The maximum absolute atomic E-state index is 14.9. The molecule has 3 N–H and O–H groups in total. The Bertz CT molecular complexity index is 1340. The Morgan fingerprint density at radius 2 is 1.97 bits per heavy atom. The van der Waals surface area contributed by atoms with E-state index in [0.717, 1.165) is 10.5 Å². The first-order valence-corrected chi connectivity index (χ1v) is 11.3. The van der Waals surface area contributed by atoms with Crippen LogP contribution in [0.2, 0.25) is 0 Å². The van der Waals surface area contributed by atoms with E-state index < -0.39 is 24.3 Å². The lowest BCUT2D eigenvalue weighted by Gasteiger charge is -2.26. The van der Waals surface area contributed by atoms with E-state index in [1.165, 1.54) is 37.4 Å². The summed E-state index contributed by atoms with van der Waals surface area (Å²) in [4.78, 5) is 35.3. The fourth-order valence-corrected chi connectivity index (χ4v) is 4.51. The minimum absolute atomic E-state index is 0.0428. The molecule has 1 aliphatic carbocycles. The Kier molecular flexibility index (Phi) is 5.70. The lowest BCUT2D eigenvalue weighted by atomic mass is 10.1. The van der Waals surface area contributed by atoms with Gasteiger partial charge < -0.3 is 25.6 Å². The molecule has 3 aromatic rings. The zero-order chi connectivity index (χ0) is 25.6. The number of nitrogens with one attached hydrogen (secondary N) is 1. The van der Waals surface area contributed by atoms with Crippen molar-refractivity contribution in [3.63, 3.8) is 0 Å². The fourth-order valence-electron chi connectivity index (χ4n) is 4.51. The van der Waals surface area contributed by atoms with Gasteiger partial charge in [-0.15, -0.1) is 0 Å². The summed E-state index contributed by atoms with van der Waals surface area (Å²) in [5.74, 6) is -4.80. The standard InChI is InChI=1S/C25H24F2N6O3/c1-32-19-12-29-24(30-17-9-8-15(21(28)34)10-20(17)36-2)31-22(19)33(13-25(26,27)23(32)35)18-11-16(18)14-6-4-3-5-7-14/h3-10,12,16,18H,11,13H2,1-2H3,(H2,28,34)(H,29,30,31)/t16-,18?/m0/s1. The summed E-state index contributed by atoms with van der Waals surface area (Å²) in [5, 5.41) is 3.01. The van der Waals surface area contributed by atoms with Crippen LogP contribution in [0.3, 0.4) is 0 Å². The summed E-state index contributed by atoms with van der Waals surface area (Å²) in [6, 6.07) is 14.0. The lowest BCUT2D eigenvalue weighted by Crippen LogP contribution is -2.46. The van der Waals surface area contributed by atoms with Gasteiger partial charge in [-0.1, -0.05) is 30.3 Å². The average Bonchev–Trinajstić information content (AvgIpc) is 3.68. The monoisotopic (exact) mass is 494 g/mol. The Hall–Kier alpha value is -4.28. The van der Waals surface area contributed by atoms with Gasteiger partial charge in [0.15, 0.2) is 5.82 Å². The Morgan fingerprint density at radius 3 is 2.67 bits per heavy atom. The van der Waals surface area contributed by atoms with Crippen molar-refractivity contribution in [3.8, 4) is 5.75 Å². The molecule has 1 aliphatic heterocycles. The fraction of sp³-hybridized carbons (Fsp3) is 0.280. The van der Waals surface area contributed by atoms with E-state index in [-0.39, 0.29) is 35.0 Å². The molecule has 2 atom stereocenters. The highest BCUT2D eigenvalue weighted by Gasteiger charge is 2.53. The van der Waals surface area contributed by atoms with Gasteiger partial charge in [0.1, 0.15) is 11.4 Å². The van der Waals surface area contributed by atoms with E-state index in [1.54, 1.807) is 6.07 Å². The SMILES string of the molecule is COc1cc(C(N)=O)ccc1Nc1ncc2c(n1)N(C1C[C@H]1c1ccccc1)CC(F)(F)C(=O)N2C. The first-order chi connectivity index (χ1) is 17.2. The predicted molar refractivity (Wildman–Crippen MR) is 130 cm³/mol. The highest BCUT2D eigenvalue weighted by atomic mass is 19.3. The molecular formula is C25H24F2N6O3. The van der Waals surface area contributed by atoms with E-state index in [0.29, 0.717) is 17.9 Å². The molecule has 2 aliphatic rings.